The van der Waals surface area contributed by atoms with E-state index >= 15 is 0 Å². The van der Waals surface area contributed by atoms with E-state index in [4.69, 9.17) is 0 Å². The highest BCUT2D eigenvalue weighted by atomic mass is 16.2. The van der Waals surface area contributed by atoms with Crippen LogP contribution in [0.15, 0.2) is 42.9 Å². The Morgan fingerprint density at radius 3 is 2.88 bits per heavy atom. The van der Waals surface area contributed by atoms with Crippen molar-refractivity contribution in [1.29, 1.82) is 0 Å². The minimum Gasteiger partial charge on any atom is -0.339 e. The van der Waals surface area contributed by atoms with Gasteiger partial charge in [-0.25, -0.2) is 9.36 Å². The highest BCUT2D eigenvalue weighted by Gasteiger charge is 2.28. The second-order valence-corrected chi connectivity index (χ2v) is 5.74. The average molecular weight is 324 g/mol. The van der Waals surface area contributed by atoms with Gasteiger partial charge in [0.05, 0.1) is 12.2 Å². The van der Waals surface area contributed by atoms with Crippen LogP contribution in [-0.2, 0) is 11.3 Å². The molecule has 0 bridgehead atoms. The molecule has 3 heterocycles. The summed E-state index contributed by atoms with van der Waals surface area (Å²) >= 11 is 0. The fourth-order valence-corrected chi connectivity index (χ4v) is 2.87. The van der Waals surface area contributed by atoms with Gasteiger partial charge in [0.2, 0.25) is 5.91 Å². The molecule has 0 saturated carbocycles. The van der Waals surface area contributed by atoms with E-state index in [2.05, 4.69) is 25.8 Å². The van der Waals surface area contributed by atoms with Crippen LogP contribution in [0.25, 0.3) is 11.3 Å². The second-order valence-electron chi connectivity index (χ2n) is 5.74. The van der Waals surface area contributed by atoms with E-state index < -0.39 is 0 Å². The Morgan fingerprint density at radius 2 is 2.08 bits per heavy atom. The maximum atomic E-state index is 12.3. The Hall–Kier alpha value is -3.10. The van der Waals surface area contributed by atoms with Crippen molar-refractivity contribution in [3.05, 3.63) is 42.9 Å². The molecular weight excluding hydrogens is 308 g/mol. The van der Waals surface area contributed by atoms with Crippen LogP contribution in [0.2, 0.25) is 0 Å². The molecule has 1 aliphatic heterocycles. The summed E-state index contributed by atoms with van der Waals surface area (Å²) in [6.07, 6.45) is 4.24. The first-order valence-electron chi connectivity index (χ1n) is 7.75. The Labute approximate surface area is 137 Å². The second kappa shape index (κ2) is 6.19. The molecule has 1 aliphatic rings. The molecule has 122 valence electrons. The number of benzene rings is 1. The maximum absolute atomic E-state index is 12.3. The Kier molecular flexibility index (Phi) is 3.73. The topological polar surface area (TPSA) is 94.6 Å². The van der Waals surface area contributed by atoms with E-state index in [1.807, 2.05) is 46.1 Å². The molecule has 1 unspecified atom stereocenters. The van der Waals surface area contributed by atoms with Crippen molar-refractivity contribution in [2.75, 3.05) is 13.1 Å². The number of hydrogen-bond donors (Lipinski definition) is 0. The number of aromatic nitrogens is 7. The van der Waals surface area contributed by atoms with Crippen LogP contribution in [-0.4, -0.2) is 59.1 Å². The molecule has 0 spiro atoms. The average Bonchev–Trinajstić information content (AvgIpc) is 3.36. The van der Waals surface area contributed by atoms with Crippen molar-refractivity contribution in [2.45, 2.75) is 19.0 Å². The Bertz CT molecular complexity index is 813. The quantitative estimate of drug-likeness (QED) is 0.690. The van der Waals surface area contributed by atoms with Gasteiger partial charge in [0, 0.05) is 18.7 Å². The summed E-state index contributed by atoms with van der Waals surface area (Å²) in [6.45, 7) is 1.48. The molecule has 0 aliphatic carbocycles. The van der Waals surface area contributed by atoms with Crippen molar-refractivity contribution in [2.24, 2.45) is 0 Å². The Balaban J connectivity index is 1.42. The van der Waals surface area contributed by atoms with Gasteiger partial charge in [-0.2, -0.15) is 0 Å². The lowest BCUT2D eigenvalue weighted by Crippen LogP contribution is -2.32. The summed E-state index contributed by atoms with van der Waals surface area (Å²) in [5, 5.41) is 19.3. The SMILES string of the molecule is O=C(Cn1cnnn1)N1CCC(n2cc(-c3ccccc3)nn2)C1. The lowest BCUT2D eigenvalue weighted by atomic mass is 10.2. The molecular formula is C15H16N8O. The number of hydrogen-bond acceptors (Lipinski definition) is 6. The van der Waals surface area contributed by atoms with Crippen molar-refractivity contribution in [3.8, 4) is 11.3 Å². The van der Waals surface area contributed by atoms with E-state index in [0.29, 0.717) is 13.1 Å². The summed E-state index contributed by atoms with van der Waals surface area (Å²) in [4.78, 5) is 14.1. The fourth-order valence-electron chi connectivity index (χ4n) is 2.87. The highest BCUT2D eigenvalue weighted by molar-refractivity contribution is 5.76. The normalized spacial score (nSPS) is 17.3. The van der Waals surface area contributed by atoms with Gasteiger partial charge in [-0.05, 0) is 16.8 Å². The zero-order chi connectivity index (χ0) is 16.4. The first-order chi connectivity index (χ1) is 11.8. The molecule has 2 aromatic heterocycles. The first-order valence-corrected chi connectivity index (χ1v) is 7.75. The number of rotatable bonds is 4. The summed E-state index contributed by atoms with van der Waals surface area (Å²) in [7, 11) is 0. The van der Waals surface area contributed by atoms with Crippen LogP contribution in [0.5, 0.6) is 0 Å². The third-order valence-corrected chi connectivity index (χ3v) is 4.16. The summed E-state index contributed by atoms with van der Waals surface area (Å²) in [5.41, 5.74) is 1.88. The van der Waals surface area contributed by atoms with E-state index in [1.54, 1.807) is 0 Å². The molecule has 3 aromatic rings. The molecule has 1 fully saturated rings. The van der Waals surface area contributed by atoms with E-state index in [9.17, 15) is 4.79 Å². The minimum absolute atomic E-state index is 0.00759. The van der Waals surface area contributed by atoms with Gasteiger partial charge in [-0.1, -0.05) is 35.5 Å². The van der Waals surface area contributed by atoms with Crippen molar-refractivity contribution >= 4 is 5.91 Å². The largest absolute Gasteiger partial charge is 0.339 e. The van der Waals surface area contributed by atoms with Crippen molar-refractivity contribution in [3.63, 3.8) is 0 Å². The van der Waals surface area contributed by atoms with Gasteiger partial charge >= 0.3 is 0 Å². The number of tetrazole rings is 1. The molecule has 9 heteroatoms. The van der Waals surface area contributed by atoms with Crippen LogP contribution >= 0.6 is 0 Å². The molecule has 1 aromatic carbocycles. The van der Waals surface area contributed by atoms with Crippen molar-refractivity contribution in [1.82, 2.24) is 40.1 Å². The van der Waals surface area contributed by atoms with Gasteiger partial charge in [-0.3, -0.25) is 4.79 Å². The van der Waals surface area contributed by atoms with Crippen LogP contribution in [0.3, 0.4) is 0 Å². The summed E-state index contributed by atoms with van der Waals surface area (Å²) < 4.78 is 3.28. The molecule has 9 nitrogen and oxygen atoms in total. The third-order valence-electron chi connectivity index (χ3n) is 4.16. The molecule has 1 saturated heterocycles. The molecule has 1 amide bonds. The highest BCUT2D eigenvalue weighted by Crippen LogP contribution is 2.23. The van der Waals surface area contributed by atoms with E-state index in [0.717, 1.165) is 17.7 Å². The molecule has 0 N–H and O–H groups in total. The monoisotopic (exact) mass is 324 g/mol. The van der Waals surface area contributed by atoms with Gasteiger partial charge in [0.15, 0.2) is 0 Å². The third kappa shape index (κ3) is 2.87. The minimum atomic E-state index is 0.00759. The molecule has 0 radical (unpaired) electrons. The van der Waals surface area contributed by atoms with Crippen LogP contribution in [0.4, 0.5) is 0 Å². The number of nitrogens with zero attached hydrogens (tertiary/aromatic N) is 8. The van der Waals surface area contributed by atoms with Crippen LogP contribution in [0, 0.1) is 0 Å². The smallest absolute Gasteiger partial charge is 0.244 e. The number of likely N-dealkylation sites (tertiary alicyclic amines) is 1. The molecule has 24 heavy (non-hydrogen) atoms. The molecule has 4 rings (SSSR count). The van der Waals surface area contributed by atoms with Crippen molar-refractivity contribution < 1.29 is 4.79 Å². The summed E-state index contributed by atoms with van der Waals surface area (Å²) in [5.74, 6) is 0.00759. The number of carbonyl (C=O) groups is 1. The predicted molar refractivity (Wildman–Crippen MR) is 83.5 cm³/mol. The lowest BCUT2D eigenvalue weighted by Gasteiger charge is -2.16. The first kappa shape index (κ1) is 14.5. The zero-order valence-electron chi connectivity index (χ0n) is 12.9. The van der Waals surface area contributed by atoms with Crippen LogP contribution < -0.4 is 0 Å². The maximum Gasteiger partial charge on any atom is 0.244 e. The van der Waals surface area contributed by atoms with E-state index in [-0.39, 0.29) is 18.5 Å². The summed E-state index contributed by atoms with van der Waals surface area (Å²) in [6, 6.07) is 10.1. The zero-order valence-corrected chi connectivity index (χ0v) is 12.9. The van der Waals surface area contributed by atoms with E-state index in [1.165, 1.54) is 11.0 Å². The predicted octanol–water partition coefficient (Wildman–Crippen LogP) is 0.405. The van der Waals surface area contributed by atoms with Gasteiger partial charge in [0.1, 0.15) is 18.6 Å². The number of amides is 1. The molecule has 1 atom stereocenters. The lowest BCUT2D eigenvalue weighted by molar-refractivity contribution is -0.131. The van der Waals surface area contributed by atoms with Gasteiger partial charge in [0.25, 0.3) is 0 Å². The van der Waals surface area contributed by atoms with Gasteiger partial charge in [-0.15, -0.1) is 10.2 Å². The van der Waals surface area contributed by atoms with Crippen LogP contribution in [0.1, 0.15) is 12.5 Å². The number of carbonyl (C=O) groups excluding carboxylic acids is 1. The fraction of sp³-hybridized carbons (Fsp3) is 0.333. The van der Waals surface area contributed by atoms with Gasteiger partial charge < -0.3 is 4.90 Å². The standard InChI is InChI=1S/C15H16N8O/c24-15(10-22-11-16-18-20-22)21-7-6-13(8-21)23-9-14(17-19-23)12-4-2-1-3-5-12/h1-5,9,11,13H,6-8,10H2. The Morgan fingerprint density at radius 1 is 1.21 bits per heavy atom.